The van der Waals surface area contributed by atoms with Crippen LogP contribution in [-0.4, -0.2) is 25.1 Å². The Hall–Kier alpha value is -2.42. The maximum absolute atomic E-state index is 12.3. The van der Waals surface area contributed by atoms with Crippen molar-refractivity contribution in [3.8, 4) is 0 Å². The summed E-state index contributed by atoms with van der Waals surface area (Å²) >= 11 is 1.30. The van der Waals surface area contributed by atoms with Crippen LogP contribution < -0.4 is 10.3 Å². The Balaban J connectivity index is 1.57. The second kappa shape index (κ2) is 9.18. The van der Waals surface area contributed by atoms with Gasteiger partial charge in [0.25, 0.3) is 10.0 Å². The molecule has 0 aliphatic heterocycles. The summed E-state index contributed by atoms with van der Waals surface area (Å²) in [6.07, 6.45) is 3.58. The number of aromatic nitrogens is 1. The molecule has 0 unspecified atom stereocenters. The van der Waals surface area contributed by atoms with Crippen LogP contribution in [0.4, 0.5) is 0 Å². The highest BCUT2D eigenvalue weighted by Crippen LogP contribution is 2.25. The number of benzene rings is 2. The fourth-order valence-electron chi connectivity index (χ4n) is 2.68. The average Bonchev–Trinajstić information content (AvgIpc) is 2.71. The number of amides is 1. The van der Waals surface area contributed by atoms with Crippen molar-refractivity contribution in [1.82, 2.24) is 15.2 Å². The maximum Gasteiger partial charge on any atom is 0.257 e. The van der Waals surface area contributed by atoms with Crippen LogP contribution in [0.1, 0.15) is 18.9 Å². The fraction of sp³-hybridized carbons (Fsp3) is 0.200. The molecule has 0 aliphatic carbocycles. The zero-order chi connectivity index (χ0) is 20.0. The Labute approximate surface area is 168 Å². The van der Waals surface area contributed by atoms with Gasteiger partial charge < -0.3 is 0 Å². The summed E-state index contributed by atoms with van der Waals surface area (Å²) < 4.78 is 24.6. The maximum atomic E-state index is 12.3. The second-order valence-corrected chi connectivity index (χ2v) is 8.87. The summed E-state index contributed by atoms with van der Waals surface area (Å²) in [4.78, 5) is 19.5. The van der Waals surface area contributed by atoms with Crippen molar-refractivity contribution in [2.24, 2.45) is 0 Å². The Morgan fingerprint density at radius 3 is 2.57 bits per heavy atom. The molecule has 2 aromatic carbocycles. The summed E-state index contributed by atoms with van der Waals surface area (Å²) in [5, 5.41) is 0.986. The van der Waals surface area contributed by atoms with Crippen molar-refractivity contribution in [2.75, 3.05) is 5.75 Å². The van der Waals surface area contributed by atoms with Crippen molar-refractivity contribution in [2.45, 2.75) is 29.6 Å². The topological polar surface area (TPSA) is 88.2 Å². The number of thioether (sulfide) groups is 1. The molecule has 3 aromatic rings. The lowest BCUT2D eigenvalue weighted by atomic mass is 10.1. The van der Waals surface area contributed by atoms with Crippen molar-refractivity contribution in [1.29, 1.82) is 0 Å². The summed E-state index contributed by atoms with van der Waals surface area (Å²) in [7, 11) is -3.81. The number of carbonyl (C=O) groups is 1. The number of pyridine rings is 1. The van der Waals surface area contributed by atoms with Gasteiger partial charge in [-0.3, -0.25) is 15.2 Å². The molecule has 0 fully saturated rings. The van der Waals surface area contributed by atoms with Gasteiger partial charge in [0.1, 0.15) is 0 Å². The van der Waals surface area contributed by atoms with Crippen molar-refractivity contribution in [3.63, 3.8) is 0 Å². The number of carbonyl (C=O) groups excluding carboxylic acids is 1. The van der Waals surface area contributed by atoms with E-state index in [1.165, 1.54) is 23.9 Å². The van der Waals surface area contributed by atoms with E-state index in [0.29, 0.717) is 0 Å². The smallest absolute Gasteiger partial charge is 0.257 e. The van der Waals surface area contributed by atoms with Gasteiger partial charge in [-0.15, -0.1) is 16.6 Å². The zero-order valence-corrected chi connectivity index (χ0v) is 17.0. The molecule has 8 heteroatoms. The van der Waals surface area contributed by atoms with Crippen LogP contribution in [0.15, 0.2) is 70.6 Å². The predicted octanol–water partition coefficient (Wildman–Crippen LogP) is 3.29. The van der Waals surface area contributed by atoms with E-state index in [0.717, 1.165) is 34.2 Å². The van der Waals surface area contributed by atoms with Crippen LogP contribution in [0.2, 0.25) is 0 Å². The van der Waals surface area contributed by atoms with E-state index >= 15 is 0 Å². The first-order chi connectivity index (χ1) is 13.5. The molecule has 1 aromatic heterocycles. The lowest BCUT2D eigenvalue weighted by Gasteiger charge is -2.09. The molecule has 0 aliphatic rings. The first-order valence-corrected chi connectivity index (χ1v) is 11.3. The Kier molecular flexibility index (Phi) is 6.66. The fourth-order valence-corrected chi connectivity index (χ4v) is 4.38. The monoisotopic (exact) mass is 415 g/mol. The Morgan fingerprint density at radius 2 is 1.82 bits per heavy atom. The first kappa shape index (κ1) is 20.3. The van der Waals surface area contributed by atoms with Gasteiger partial charge in [0.2, 0.25) is 5.91 Å². The van der Waals surface area contributed by atoms with E-state index in [1.54, 1.807) is 18.3 Å². The van der Waals surface area contributed by atoms with Crippen molar-refractivity contribution >= 4 is 38.6 Å². The highest BCUT2D eigenvalue weighted by molar-refractivity contribution is 8.00. The van der Waals surface area contributed by atoms with Crippen LogP contribution >= 0.6 is 11.8 Å². The van der Waals surface area contributed by atoms with E-state index < -0.39 is 15.9 Å². The normalized spacial score (nSPS) is 11.5. The molecule has 0 saturated heterocycles. The first-order valence-electron chi connectivity index (χ1n) is 8.86. The van der Waals surface area contributed by atoms with Crippen LogP contribution in [0.5, 0.6) is 0 Å². The summed E-state index contributed by atoms with van der Waals surface area (Å²) in [5.41, 5.74) is 4.15. The van der Waals surface area contributed by atoms with Gasteiger partial charge in [-0.25, -0.2) is 8.42 Å². The second-order valence-electron chi connectivity index (χ2n) is 6.17. The van der Waals surface area contributed by atoms with E-state index in [2.05, 4.69) is 22.2 Å². The van der Waals surface area contributed by atoms with Gasteiger partial charge in [-0.05, 0) is 36.2 Å². The molecular weight excluding hydrogens is 394 g/mol. The number of nitrogens with zero attached hydrogens (tertiary/aromatic N) is 1. The summed E-state index contributed by atoms with van der Waals surface area (Å²) in [5.74, 6) is -0.377. The number of sulfonamides is 1. The van der Waals surface area contributed by atoms with E-state index in [4.69, 9.17) is 0 Å². The molecule has 1 amide bonds. The predicted molar refractivity (Wildman–Crippen MR) is 111 cm³/mol. The SMILES string of the molecule is CCCc1ccc(S(=O)(=O)NNC(=O)CSc2cccc3cccnc23)cc1. The number of fused-ring (bicyclic) bond motifs is 1. The minimum Gasteiger partial charge on any atom is -0.277 e. The number of hydrazine groups is 1. The van der Waals surface area contributed by atoms with Gasteiger partial charge in [0, 0.05) is 16.5 Å². The molecule has 1 heterocycles. The average molecular weight is 416 g/mol. The minimum atomic E-state index is -3.81. The lowest BCUT2D eigenvalue weighted by molar-refractivity contribution is -0.119. The molecular formula is C20H21N3O3S2. The minimum absolute atomic E-state index is 0.0631. The summed E-state index contributed by atoms with van der Waals surface area (Å²) in [6.45, 7) is 2.06. The zero-order valence-electron chi connectivity index (χ0n) is 15.4. The Morgan fingerprint density at radius 1 is 1.07 bits per heavy atom. The molecule has 2 N–H and O–H groups in total. The number of hydrogen-bond donors (Lipinski definition) is 2. The number of para-hydroxylation sites is 1. The van der Waals surface area contributed by atoms with Gasteiger partial charge in [0.15, 0.2) is 0 Å². The number of aryl methyl sites for hydroxylation is 1. The molecule has 0 radical (unpaired) electrons. The third kappa shape index (κ3) is 5.09. The molecule has 0 bridgehead atoms. The largest absolute Gasteiger partial charge is 0.277 e. The quantitative estimate of drug-likeness (QED) is 0.435. The third-order valence-corrected chi connectivity index (χ3v) is 6.36. The Bertz CT molecular complexity index is 1060. The standard InChI is InChI=1S/C20H21N3O3S2/c1-2-5-15-9-11-17(12-10-15)28(25,26)23-22-19(24)14-27-18-8-3-6-16-7-4-13-21-20(16)18/h3-4,6-13,23H,2,5,14H2,1H3,(H,22,24). The van der Waals surface area contributed by atoms with Gasteiger partial charge in [-0.2, -0.15) is 0 Å². The van der Waals surface area contributed by atoms with Gasteiger partial charge in [0.05, 0.1) is 16.2 Å². The number of rotatable bonds is 8. The molecule has 3 rings (SSSR count). The highest BCUT2D eigenvalue weighted by atomic mass is 32.2. The van der Waals surface area contributed by atoms with E-state index in [9.17, 15) is 13.2 Å². The summed E-state index contributed by atoms with van der Waals surface area (Å²) in [6, 6.07) is 16.2. The third-order valence-electron chi connectivity index (χ3n) is 4.05. The molecule has 0 atom stereocenters. The van der Waals surface area contributed by atoms with Crippen molar-refractivity contribution in [3.05, 3.63) is 66.4 Å². The van der Waals surface area contributed by atoms with Gasteiger partial charge >= 0.3 is 0 Å². The molecule has 0 spiro atoms. The molecule has 6 nitrogen and oxygen atoms in total. The van der Waals surface area contributed by atoms with E-state index in [1.807, 2.05) is 30.3 Å². The number of nitrogens with one attached hydrogen (secondary N) is 2. The molecule has 0 saturated carbocycles. The van der Waals surface area contributed by atoms with Crippen LogP contribution in [0.25, 0.3) is 10.9 Å². The van der Waals surface area contributed by atoms with Crippen molar-refractivity contribution < 1.29 is 13.2 Å². The molecule has 28 heavy (non-hydrogen) atoms. The van der Waals surface area contributed by atoms with E-state index in [-0.39, 0.29) is 10.6 Å². The number of hydrogen-bond acceptors (Lipinski definition) is 5. The highest BCUT2D eigenvalue weighted by Gasteiger charge is 2.15. The van der Waals surface area contributed by atoms with Gasteiger partial charge in [-0.1, -0.05) is 43.7 Å². The molecule has 146 valence electrons. The van der Waals surface area contributed by atoms with Crippen LogP contribution in [0, 0.1) is 0 Å². The van der Waals surface area contributed by atoms with Crippen LogP contribution in [-0.2, 0) is 21.2 Å². The lowest BCUT2D eigenvalue weighted by Crippen LogP contribution is -2.42. The van der Waals surface area contributed by atoms with Crippen LogP contribution in [0.3, 0.4) is 0 Å².